The predicted molar refractivity (Wildman–Crippen MR) is 310 cm³/mol. The van der Waals surface area contributed by atoms with Crippen molar-refractivity contribution in [1.29, 1.82) is 0 Å². The number of carboxylic acid groups (broad SMARTS) is 1. The lowest BCUT2D eigenvalue weighted by Crippen LogP contribution is -2.03. The molecule has 0 heterocycles. The Bertz CT molecular complexity index is 978. The molecule has 0 aliphatic rings. The SMILES string of the molecule is CCCCCCCCCCCCCCCCCCCCCCC(CCCCCCCCCCCCCCCCCCCCCC)CCCCCCCCCCCCCCCCCOC(=O)/C=C\C(=O)O. The zero-order valence-corrected chi connectivity index (χ0v) is 48.1. The summed E-state index contributed by atoms with van der Waals surface area (Å²) in [7, 11) is 0. The molecular weight excluding hydrogens is 857 g/mol. The van der Waals surface area contributed by atoms with Crippen LogP contribution in [0.1, 0.15) is 386 Å². The highest BCUT2D eigenvalue weighted by Crippen LogP contribution is 2.26. The van der Waals surface area contributed by atoms with Crippen LogP contribution in [0, 0.1) is 5.92 Å². The Kier molecular flexibility index (Phi) is 60.8. The van der Waals surface area contributed by atoms with E-state index in [1.807, 2.05) is 0 Å². The minimum atomic E-state index is -1.13. The number of esters is 1. The molecule has 0 fully saturated rings. The molecule has 0 saturated carbocycles. The number of hydrogen-bond donors (Lipinski definition) is 1. The third kappa shape index (κ3) is 61.0. The molecule has 416 valence electrons. The summed E-state index contributed by atoms with van der Waals surface area (Å²) < 4.78 is 5.03. The van der Waals surface area contributed by atoms with E-state index in [-0.39, 0.29) is 0 Å². The van der Waals surface area contributed by atoms with Crippen molar-refractivity contribution in [2.45, 2.75) is 386 Å². The van der Waals surface area contributed by atoms with E-state index in [1.54, 1.807) is 0 Å². The van der Waals surface area contributed by atoms with Gasteiger partial charge in [0.05, 0.1) is 6.61 Å². The van der Waals surface area contributed by atoms with Gasteiger partial charge in [0.2, 0.25) is 0 Å². The minimum absolute atomic E-state index is 0.378. The summed E-state index contributed by atoms with van der Waals surface area (Å²) in [6.07, 6.45) is 84.9. The number of aliphatic carboxylic acids is 1. The first-order valence-corrected chi connectivity index (χ1v) is 32.7. The van der Waals surface area contributed by atoms with Crippen LogP contribution in [0.3, 0.4) is 0 Å². The van der Waals surface area contributed by atoms with Gasteiger partial charge in [-0.1, -0.05) is 380 Å². The van der Waals surface area contributed by atoms with Gasteiger partial charge in [0, 0.05) is 12.2 Å². The molecule has 4 heteroatoms. The van der Waals surface area contributed by atoms with Gasteiger partial charge in [-0.05, 0) is 12.3 Å². The number of carbonyl (C=O) groups is 2. The number of ether oxygens (including phenoxy) is 1. The van der Waals surface area contributed by atoms with Crippen LogP contribution < -0.4 is 0 Å². The van der Waals surface area contributed by atoms with Gasteiger partial charge >= 0.3 is 11.9 Å². The first kappa shape index (κ1) is 68.7. The maximum atomic E-state index is 11.4. The summed E-state index contributed by atoms with van der Waals surface area (Å²) in [6, 6.07) is 0. The van der Waals surface area contributed by atoms with Crippen LogP contribution >= 0.6 is 0 Å². The molecule has 0 spiro atoms. The second kappa shape index (κ2) is 62.0. The van der Waals surface area contributed by atoms with Crippen LogP contribution in [0.5, 0.6) is 0 Å². The van der Waals surface area contributed by atoms with Crippen molar-refractivity contribution in [2.75, 3.05) is 6.61 Å². The summed E-state index contributed by atoms with van der Waals surface area (Å²) in [6.45, 7) is 5.00. The van der Waals surface area contributed by atoms with Gasteiger partial charge in [-0.3, -0.25) is 0 Å². The molecule has 0 aliphatic heterocycles. The van der Waals surface area contributed by atoms with Gasteiger partial charge in [-0.25, -0.2) is 9.59 Å². The van der Waals surface area contributed by atoms with Gasteiger partial charge in [0.1, 0.15) is 0 Å². The maximum Gasteiger partial charge on any atom is 0.331 e. The number of carboxylic acids is 1. The van der Waals surface area contributed by atoms with Gasteiger partial charge < -0.3 is 9.84 Å². The lowest BCUT2D eigenvalue weighted by molar-refractivity contribution is -0.138. The van der Waals surface area contributed by atoms with Gasteiger partial charge in [-0.15, -0.1) is 0 Å². The molecular formula is C66H128O4. The standard InChI is InChI=1S/C66H128O4/c1-3-5-7-9-11-13-15-17-19-21-23-25-27-30-34-38-42-46-50-54-58-64(59-55-51-47-43-39-35-31-28-26-24-22-20-18-16-14-12-10-8-6-4-2)60-56-52-48-44-40-36-32-29-33-37-41-45-49-53-57-63-70-66(69)62-61-65(67)68/h61-62,64H,3-60,63H2,1-2H3,(H,67,68)/b62-61-. The summed E-state index contributed by atoms with van der Waals surface area (Å²) >= 11 is 0. The quantitative estimate of drug-likeness (QED) is 0.0375. The Morgan fingerprint density at radius 2 is 0.471 bits per heavy atom. The lowest BCUT2D eigenvalue weighted by Gasteiger charge is -2.17. The predicted octanol–water partition coefficient (Wildman–Crippen LogP) is 23.5. The molecule has 70 heavy (non-hydrogen) atoms. The van der Waals surface area contributed by atoms with Crippen molar-refractivity contribution >= 4 is 11.9 Å². The molecule has 0 atom stereocenters. The van der Waals surface area contributed by atoms with Gasteiger partial charge in [-0.2, -0.15) is 0 Å². The highest BCUT2D eigenvalue weighted by Gasteiger charge is 2.09. The molecule has 0 aromatic heterocycles. The van der Waals surface area contributed by atoms with E-state index in [0.29, 0.717) is 6.61 Å². The van der Waals surface area contributed by atoms with E-state index in [9.17, 15) is 9.59 Å². The Balaban J connectivity index is 4.01. The number of rotatable bonds is 62. The van der Waals surface area contributed by atoms with Crippen molar-refractivity contribution in [3.8, 4) is 0 Å². The highest BCUT2D eigenvalue weighted by molar-refractivity contribution is 5.90. The number of unbranched alkanes of at least 4 members (excludes halogenated alkanes) is 52. The smallest absolute Gasteiger partial charge is 0.331 e. The lowest BCUT2D eigenvalue weighted by atomic mass is 9.89. The van der Waals surface area contributed by atoms with Crippen LogP contribution in [0.4, 0.5) is 0 Å². The average Bonchev–Trinajstić information content (AvgIpc) is 3.36. The van der Waals surface area contributed by atoms with Crippen LogP contribution in [0.2, 0.25) is 0 Å². The second-order valence-electron chi connectivity index (χ2n) is 22.8. The van der Waals surface area contributed by atoms with Crippen LogP contribution in [0.15, 0.2) is 12.2 Å². The normalized spacial score (nSPS) is 11.8. The largest absolute Gasteiger partial charge is 0.478 e. The average molecular weight is 986 g/mol. The Morgan fingerprint density at radius 1 is 0.286 bits per heavy atom. The molecule has 0 saturated heterocycles. The van der Waals surface area contributed by atoms with Crippen molar-refractivity contribution in [2.24, 2.45) is 5.92 Å². The van der Waals surface area contributed by atoms with Crippen molar-refractivity contribution < 1.29 is 19.4 Å². The second-order valence-corrected chi connectivity index (χ2v) is 22.8. The monoisotopic (exact) mass is 985 g/mol. The molecule has 1 N–H and O–H groups in total. The summed E-state index contributed by atoms with van der Waals surface area (Å²) in [5, 5.41) is 8.56. The van der Waals surface area contributed by atoms with Crippen molar-refractivity contribution in [3.05, 3.63) is 12.2 Å². The van der Waals surface area contributed by atoms with Gasteiger partial charge in [0.25, 0.3) is 0 Å². The fraction of sp³-hybridized carbons (Fsp3) is 0.939. The summed E-state index contributed by atoms with van der Waals surface area (Å²) in [5.41, 5.74) is 0. The molecule has 0 bridgehead atoms. The van der Waals surface area contributed by atoms with E-state index in [1.165, 1.54) is 360 Å². The Labute approximate surface area is 440 Å². The topological polar surface area (TPSA) is 63.6 Å². The van der Waals surface area contributed by atoms with E-state index in [4.69, 9.17) is 9.84 Å². The Morgan fingerprint density at radius 3 is 0.671 bits per heavy atom. The fourth-order valence-corrected chi connectivity index (χ4v) is 11.0. The first-order valence-electron chi connectivity index (χ1n) is 32.7. The molecule has 0 aromatic carbocycles. The van der Waals surface area contributed by atoms with Crippen molar-refractivity contribution in [1.82, 2.24) is 0 Å². The molecule has 0 aromatic rings. The zero-order valence-electron chi connectivity index (χ0n) is 48.1. The fourth-order valence-electron chi connectivity index (χ4n) is 11.0. The summed E-state index contributed by atoms with van der Waals surface area (Å²) in [4.78, 5) is 21.9. The molecule has 4 nitrogen and oxygen atoms in total. The van der Waals surface area contributed by atoms with E-state index >= 15 is 0 Å². The molecule has 0 amide bonds. The maximum absolute atomic E-state index is 11.4. The molecule has 0 rings (SSSR count). The van der Waals surface area contributed by atoms with Gasteiger partial charge in [0.15, 0.2) is 0 Å². The zero-order chi connectivity index (χ0) is 50.6. The third-order valence-electron chi connectivity index (χ3n) is 15.8. The van der Waals surface area contributed by atoms with E-state index in [2.05, 4.69) is 13.8 Å². The Hall–Kier alpha value is -1.32. The number of carbonyl (C=O) groups excluding carboxylic acids is 1. The van der Waals surface area contributed by atoms with Crippen molar-refractivity contribution in [3.63, 3.8) is 0 Å². The van der Waals surface area contributed by atoms with Crippen LogP contribution in [0.25, 0.3) is 0 Å². The molecule has 0 unspecified atom stereocenters. The van der Waals surface area contributed by atoms with E-state index < -0.39 is 11.9 Å². The highest BCUT2D eigenvalue weighted by atomic mass is 16.5. The third-order valence-corrected chi connectivity index (χ3v) is 15.8. The van der Waals surface area contributed by atoms with E-state index in [0.717, 1.165) is 30.9 Å². The van der Waals surface area contributed by atoms with Crippen LogP contribution in [-0.2, 0) is 14.3 Å². The molecule has 0 radical (unpaired) electrons. The van der Waals surface area contributed by atoms with Crippen LogP contribution in [-0.4, -0.2) is 23.7 Å². The molecule has 0 aliphatic carbocycles. The summed E-state index contributed by atoms with van der Waals surface area (Å²) in [5.74, 6) is -0.702. The first-order chi connectivity index (χ1) is 34.6. The number of hydrogen-bond acceptors (Lipinski definition) is 3. The minimum Gasteiger partial charge on any atom is -0.478 e.